The summed E-state index contributed by atoms with van der Waals surface area (Å²) in [7, 11) is 0. The van der Waals surface area contributed by atoms with Crippen molar-refractivity contribution in [2.75, 3.05) is 19.7 Å². The Kier molecular flexibility index (Phi) is 5.58. The van der Waals surface area contributed by atoms with E-state index in [2.05, 4.69) is 0 Å². The van der Waals surface area contributed by atoms with Crippen LogP contribution in [0, 0.1) is 17.0 Å². The molecule has 0 unspecified atom stereocenters. The van der Waals surface area contributed by atoms with Gasteiger partial charge in [-0.1, -0.05) is 11.6 Å². The van der Waals surface area contributed by atoms with Crippen molar-refractivity contribution in [3.05, 3.63) is 62.7 Å². The van der Waals surface area contributed by atoms with E-state index in [1.54, 1.807) is 17.0 Å². The fraction of sp³-hybridized carbons (Fsp3) is 0.364. The number of carbonyl (C=O) groups excluding carboxylic acids is 2. The normalized spacial score (nSPS) is 17.1. The Morgan fingerprint density at radius 1 is 1.26 bits per heavy atom. The second-order valence-electron chi connectivity index (χ2n) is 7.90. The molecule has 8 nitrogen and oxygen atoms in total. The first-order valence-electron chi connectivity index (χ1n) is 9.94. The number of Topliss-reactive ketones (excluding diaryl/α,β-unsaturated/α-hetero) is 1. The number of benzene rings is 2. The summed E-state index contributed by atoms with van der Waals surface area (Å²) in [4.78, 5) is 37.2. The fourth-order valence-electron chi connectivity index (χ4n) is 4.06. The third-order valence-corrected chi connectivity index (χ3v) is 6.00. The summed E-state index contributed by atoms with van der Waals surface area (Å²) < 4.78 is 11.8. The molecule has 0 aromatic heterocycles. The van der Waals surface area contributed by atoms with Gasteiger partial charge in [0.25, 0.3) is 11.6 Å². The number of nitrogens with zero attached hydrogens (tertiary/aromatic N) is 2. The smallest absolute Gasteiger partial charge is 0.269 e. The summed E-state index contributed by atoms with van der Waals surface area (Å²) in [6.45, 7) is 2.62. The summed E-state index contributed by atoms with van der Waals surface area (Å²) in [5.74, 6) is 0.799. The van der Waals surface area contributed by atoms with Crippen molar-refractivity contribution in [1.82, 2.24) is 4.90 Å². The molecule has 2 aliphatic heterocycles. The maximum Gasteiger partial charge on any atom is 0.269 e. The predicted octanol–water partition coefficient (Wildman–Crippen LogP) is 3.96. The van der Waals surface area contributed by atoms with Crippen molar-refractivity contribution < 1.29 is 24.0 Å². The van der Waals surface area contributed by atoms with E-state index >= 15 is 0 Å². The number of carbonyl (C=O) groups is 2. The molecule has 2 heterocycles. The lowest BCUT2D eigenvalue weighted by molar-refractivity contribution is -0.384. The highest BCUT2D eigenvalue weighted by atomic mass is 35.5. The number of ketones is 1. The first-order chi connectivity index (χ1) is 14.8. The van der Waals surface area contributed by atoms with Crippen molar-refractivity contribution in [3.63, 3.8) is 0 Å². The van der Waals surface area contributed by atoms with Crippen LogP contribution in [0.1, 0.15) is 35.2 Å². The summed E-state index contributed by atoms with van der Waals surface area (Å²) in [5.41, 5.74) is 0.690. The highest BCUT2D eigenvalue weighted by Gasteiger charge is 2.44. The van der Waals surface area contributed by atoms with Gasteiger partial charge in [0.15, 0.2) is 12.4 Å². The molecular weight excluding hydrogens is 424 g/mol. The number of likely N-dealkylation sites (tertiary alicyclic amines) is 1. The van der Waals surface area contributed by atoms with Crippen LogP contribution in [0.3, 0.4) is 0 Å². The number of nitro groups is 1. The van der Waals surface area contributed by atoms with E-state index in [1.807, 2.05) is 6.92 Å². The number of amides is 1. The number of hydrogen-bond acceptors (Lipinski definition) is 6. The number of fused-ring (bicyclic) bond motifs is 1. The van der Waals surface area contributed by atoms with Gasteiger partial charge < -0.3 is 14.4 Å². The van der Waals surface area contributed by atoms with Gasteiger partial charge in [-0.25, -0.2) is 0 Å². The Balaban J connectivity index is 1.35. The number of rotatable bonds is 4. The van der Waals surface area contributed by atoms with Gasteiger partial charge in [0.05, 0.1) is 16.9 Å². The minimum Gasteiger partial charge on any atom is -0.486 e. The Morgan fingerprint density at radius 2 is 1.94 bits per heavy atom. The molecule has 162 valence electrons. The van der Waals surface area contributed by atoms with E-state index < -0.39 is 10.5 Å². The minimum absolute atomic E-state index is 0.00753. The zero-order chi connectivity index (χ0) is 22.2. The largest absolute Gasteiger partial charge is 0.486 e. The van der Waals surface area contributed by atoms with E-state index in [9.17, 15) is 19.7 Å². The number of non-ortho nitro benzene ring substituents is 1. The van der Waals surface area contributed by atoms with Crippen molar-refractivity contribution in [2.24, 2.45) is 0 Å². The van der Waals surface area contributed by atoms with Crippen LogP contribution in [-0.4, -0.2) is 46.8 Å². The third kappa shape index (κ3) is 4.34. The molecule has 1 amide bonds. The summed E-state index contributed by atoms with van der Waals surface area (Å²) in [5, 5.41) is 11.2. The van der Waals surface area contributed by atoms with Gasteiger partial charge in [0.2, 0.25) is 0 Å². The molecule has 2 aromatic rings. The Bertz CT molecular complexity index is 1040. The molecular formula is C22H21ClN2O6. The molecule has 4 rings (SSSR count). The van der Waals surface area contributed by atoms with Gasteiger partial charge in [-0.3, -0.25) is 19.7 Å². The molecule has 0 radical (unpaired) electrons. The van der Waals surface area contributed by atoms with E-state index in [0.717, 1.165) is 5.56 Å². The molecule has 0 N–H and O–H groups in total. The average molecular weight is 445 g/mol. The maximum atomic E-state index is 12.7. The lowest BCUT2D eigenvalue weighted by atomic mass is 9.82. The number of hydrogen-bond donors (Lipinski definition) is 0. The maximum absolute atomic E-state index is 12.7. The standard InChI is InChI=1S/C22H21ClN2O6/c1-14-10-15(23)11-18-19(26)12-22(31-21(14)18)6-8-24(9-7-22)20(27)13-30-17-4-2-16(3-5-17)25(28)29/h2-5,10-11H,6-9,12-13H2,1H3. The van der Waals surface area contributed by atoms with Crippen molar-refractivity contribution in [1.29, 1.82) is 0 Å². The molecule has 2 aromatic carbocycles. The molecule has 0 atom stereocenters. The minimum atomic E-state index is -0.612. The number of piperidine rings is 1. The monoisotopic (exact) mass is 444 g/mol. The molecule has 1 fully saturated rings. The van der Waals surface area contributed by atoms with Crippen molar-refractivity contribution in [3.8, 4) is 11.5 Å². The van der Waals surface area contributed by atoms with Crippen LogP contribution >= 0.6 is 11.6 Å². The van der Waals surface area contributed by atoms with Gasteiger partial charge >= 0.3 is 0 Å². The lowest BCUT2D eigenvalue weighted by Gasteiger charge is -2.44. The quantitative estimate of drug-likeness (QED) is 0.522. The molecule has 1 saturated heterocycles. The van der Waals surface area contributed by atoms with Crippen LogP contribution in [0.25, 0.3) is 0 Å². The van der Waals surface area contributed by atoms with E-state index in [1.165, 1.54) is 24.3 Å². The average Bonchev–Trinajstić information content (AvgIpc) is 2.74. The van der Waals surface area contributed by atoms with Crippen LogP contribution in [-0.2, 0) is 4.79 Å². The summed E-state index contributed by atoms with van der Waals surface area (Å²) >= 11 is 6.08. The highest BCUT2D eigenvalue weighted by Crippen LogP contribution is 2.42. The third-order valence-electron chi connectivity index (χ3n) is 5.78. The first kappa shape index (κ1) is 21.1. The highest BCUT2D eigenvalue weighted by molar-refractivity contribution is 6.31. The van der Waals surface area contributed by atoms with E-state index in [0.29, 0.717) is 48.0 Å². The van der Waals surface area contributed by atoms with Crippen LogP contribution in [0.15, 0.2) is 36.4 Å². The zero-order valence-corrected chi connectivity index (χ0v) is 17.7. The van der Waals surface area contributed by atoms with Gasteiger partial charge in [0.1, 0.15) is 17.1 Å². The molecule has 31 heavy (non-hydrogen) atoms. The first-order valence-corrected chi connectivity index (χ1v) is 10.3. The van der Waals surface area contributed by atoms with Crippen LogP contribution in [0.2, 0.25) is 5.02 Å². The fourth-order valence-corrected chi connectivity index (χ4v) is 4.33. The molecule has 1 spiro atoms. The SMILES string of the molecule is Cc1cc(Cl)cc2c1OC1(CCN(C(=O)COc3ccc([N+](=O)[O-])cc3)CC1)CC2=O. The number of ether oxygens (including phenoxy) is 2. The van der Waals surface area contributed by atoms with Gasteiger partial charge in [-0.2, -0.15) is 0 Å². The number of halogens is 1. The van der Waals surface area contributed by atoms with Gasteiger partial charge in [-0.05, 0) is 36.8 Å². The van der Waals surface area contributed by atoms with Crippen molar-refractivity contribution >= 4 is 29.0 Å². The number of nitro benzene ring substituents is 1. The zero-order valence-electron chi connectivity index (χ0n) is 16.9. The van der Waals surface area contributed by atoms with Gasteiger partial charge in [0, 0.05) is 43.1 Å². The Morgan fingerprint density at radius 3 is 2.58 bits per heavy atom. The second-order valence-corrected chi connectivity index (χ2v) is 8.34. The predicted molar refractivity (Wildman–Crippen MR) is 113 cm³/mol. The lowest BCUT2D eigenvalue weighted by Crippen LogP contribution is -2.53. The summed E-state index contributed by atoms with van der Waals surface area (Å²) in [6, 6.07) is 9.01. The molecule has 0 bridgehead atoms. The Hall–Kier alpha value is -3.13. The van der Waals surface area contributed by atoms with Crippen LogP contribution in [0.4, 0.5) is 5.69 Å². The number of aryl methyl sites for hydroxylation is 1. The van der Waals surface area contributed by atoms with E-state index in [4.69, 9.17) is 21.1 Å². The molecule has 9 heteroatoms. The summed E-state index contributed by atoms with van der Waals surface area (Å²) in [6.07, 6.45) is 1.36. The van der Waals surface area contributed by atoms with Gasteiger partial charge in [-0.15, -0.1) is 0 Å². The van der Waals surface area contributed by atoms with Crippen LogP contribution < -0.4 is 9.47 Å². The second kappa shape index (κ2) is 8.19. The Labute approximate surface area is 183 Å². The van der Waals surface area contributed by atoms with E-state index in [-0.39, 0.29) is 30.4 Å². The molecule has 0 aliphatic carbocycles. The molecule has 0 saturated carbocycles. The van der Waals surface area contributed by atoms with Crippen LogP contribution in [0.5, 0.6) is 11.5 Å². The molecule has 2 aliphatic rings. The van der Waals surface area contributed by atoms with Crippen molar-refractivity contribution in [2.45, 2.75) is 31.8 Å². The topological polar surface area (TPSA) is 99.0 Å².